The molecule has 1 N–H and O–H groups in total. The van der Waals surface area contributed by atoms with Crippen LogP contribution in [0.25, 0.3) is 0 Å². The third kappa shape index (κ3) is 2.32. The Morgan fingerprint density at radius 1 is 1.47 bits per heavy atom. The lowest BCUT2D eigenvalue weighted by Gasteiger charge is -2.25. The molecule has 7 nitrogen and oxygen atoms in total. The average Bonchev–Trinajstić information content (AvgIpc) is 2.80. The summed E-state index contributed by atoms with van der Waals surface area (Å²) in [5, 5.41) is 8.85. The van der Waals surface area contributed by atoms with Gasteiger partial charge in [0.05, 0.1) is 18.7 Å². The third-order valence-electron chi connectivity index (χ3n) is 2.28. The first-order valence-electron chi connectivity index (χ1n) is 4.78. The van der Waals surface area contributed by atoms with Crippen LogP contribution in [0.1, 0.15) is 10.5 Å². The second-order valence-corrected chi connectivity index (χ2v) is 6.30. The van der Waals surface area contributed by atoms with E-state index in [0.717, 1.165) is 11.3 Å². The highest BCUT2D eigenvalue weighted by molar-refractivity contribution is 7.91. The van der Waals surface area contributed by atoms with E-state index in [-0.39, 0.29) is 17.3 Å². The molecule has 9 heteroatoms. The van der Waals surface area contributed by atoms with E-state index in [4.69, 9.17) is 9.84 Å². The molecule has 1 fully saturated rings. The van der Waals surface area contributed by atoms with Gasteiger partial charge in [-0.05, 0) is 0 Å². The van der Waals surface area contributed by atoms with Gasteiger partial charge in [0, 0.05) is 13.1 Å². The molecule has 1 aromatic rings. The topological polar surface area (TPSA) is 96.8 Å². The number of morpholine rings is 1. The molecule has 0 saturated carbocycles. The lowest BCUT2D eigenvalue weighted by molar-refractivity contribution is 0.0684. The Morgan fingerprint density at radius 3 is 2.71 bits per heavy atom. The SMILES string of the molecule is O=C(O)c1ncsc1S(=O)(=O)N1CCOCC1. The molecule has 0 spiro atoms. The van der Waals surface area contributed by atoms with Gasteiger partial charge in [0.2, 0.25) is 0 Å². The van der Waals surface area contributed by atoms with Gasteiger partial charge in [-0.2, -0.15) is 4.31 Å². The summed E-state index contributed by atoms with van der Waals surface area (Å²) in [5.41, 5.74) is 0.804. The van der Waals surface area contributed by atoms with Crippen LogP contribution in [0.4, 0.5) is 0 Å². The van der Waals surface area contributed by atoms with Gasteiger partial charge in [0.1, 0.15) is 0 Å². The van der Waals surface area contributed by atoms with E-state index in [1.165, 1.54) is 9.82 Å². The van der Waals surface area contributed by atoms with Crippen molar-refractivity contribution in [2.45, 2.75) is 4.21 Å². The van der Waals surface area contributed by atoms with E-state index in [1.54, 1.807) is 0 Å². The number of ether oxygens (including phenoxy) is 1. The summed E-state index contributed by atoms with van der Waals surface area (Å²) in [6.45, 7) is 1.11. The molecule has 0 aromatic carbocycles. The molecular weight excluding hydrogens is 268 g/mol. The van der Waals surface area contributed by atoms with Crippen molar-refractivity contribution < 1.29 is 23.1 Å². The number of carboxylic acid groups (broad SMARTS) is 1. The molecular formula is C8H10N2O5S2. The molecule has 94 valence electrons. The van der Waals surface area contributed by atoms with Gasteiger partial charge >= 0.3 is 5.97 Å². The third-order valence-corrected chi connectivity index (χ3v) is 5.53. The van der Waals surface area contributed by atoms with Gasteiger partial charge in [-0.15, -0.1) is 11.3 Å². The summed E-state index contributed by atoms with van der Waals surface area (Å²) in [7, 11) is -3.77. The van der Waals surface area contributed by atoms with E-state index < -0.39 is 21.7 Å². The van der Waals surface area contributed by atoms with Gasteiger partial charge in [-0.3, -0.25) is 0 Å². The number of sulfonamides is 1. The van der Waals surface area contributed by atoms with Crippen LogP contribution in [-0.2, 0) is 14.8 Å². The van der Waals surface area contributed by atoms with Crippen LogP contribution in [-0.4, -0.2) is 55.1 Å². The molecule has 0 unspecified atom stereocenters. The number of carbonyl (C=O) groups is 1. The zero-order chi connectivity index (χ0) is 12.5. The summed E-state index contributed by atoms with van der Waals surface area (Å²) in [6, 6.07) is 0. The summed E-state index contributed by atoms with van der Waals surface area (Å²) in [6.07, 6.45) is 0. The normalized spacial score (nSPS) is 18.1. The first kappa shape index (κ1) is 12.4. The second kappa shape index (κ2) is 4.69. The molecule has 0 amide bonds. The van der Waals surface area contributed by atoms with Crippen LogP contribution in [0.3, 0.4) is 0 Å². The van der Waals surface area contributed by atoms with E-state index in [1.807, 2.05) is 0 Å². The van der Waals surface area contributed by atoms with Crippen LogP contribution < -0.4 is 0 Å². The fourth-order valence-electron chi connectivity index (χ4n) is 1.47. The fourth-order valence-corrected chi connectivity index (χ4v) is 4.15. The van der Waals surface area contributed by atoms with Gasteiger partial charge in [-0.1, -0.05) is 0 Å². The van der Waals surface area contributed by atoms with Crippen molar-refractivity contribution >= 4 is 27.3 Å². The minimum atomic E-state index is -3.77. The van der Waals surface area contributed by atoms with Crippen LogP contribution in [0.5, 0.6) is 0 Å². The Morgan fingerprint density at radius 2 is 2.12 bits per heavy atom. The Kier molecular flexibility index (Phi) is 3.43. The number of carboxylic acids is 1. The molecule has 0 bridgehead atoms. The van der Waals surface area contributed by atoms with Gasteiger partial charge in [-0.25, -0.2) is 18.2 Å². The van der Waals surface area contributed by atoms with Gasteiger partial charge < -0.3 is 9.84 Å². The second-order valence-electron chi connectivity index (χ2n) is 3.31. The number of aromatic carboxylic acids is 1. The highest BCUT2D eigenvalue weighted by atomic mass is 32.2. The molecule has 1 aromatic heterocycles. The first-order chi connectivity index (χ1) is 8.03. The summed E-state index contributed by atoms with van der Waals surface area (Å²) < 4.78 is 30.4. The largest absolute Gasteiger partial charge is 0.476 e. The smallest absolute Gasteiger partial charge is 0.356 e. The van der Waals surface area contributed by atoms with E-state index in [9.17, 15) is 13.2 Å². The molecule has 0 aliphatic carbocycles. The predicted octanol–water partition coefficient (Wildman–Crippen LogP) is -0.138. The zero-order valence-electron chi connectivity index (χ0n) is 8.70. The molecule has 2 rings (SSSR count). The number of thiazole rings is 1. The van der Waals surface area contributed by atoms with Crippen LogP contribution in [0.15, 0.2) is 9.72 Å². The van der Waals surface area contributed by atoms with Crippen molar-refractivity contribution in [2.24, 2.45) is 0 Å². The van der Waals surface area contributed by atoms with Crippen LogP contribution >= 0.6 is 11.3 Å². The number of rotatable bonds is 3. The maximum atomic E-state index is 12.2. The molecule has 1 aliphatic rings. The molecule has 0 atom stereocenters. The minimum absolute atomic E-state index is 0.216. The first-order valence-corrected chi connectivity index (χ1v) is 7.10. The number of aromatic nitrogens is 1. The van der Waals surface area contributed by atoms with Crippen molar-refractivity contribution in [3.05, 3.63) is 11.2 Å². The van der Waals surface area contributed by atoms with Gasteiger partial charge in [0.25, 0.3) is 10.0 Å². The monoisotopic (exact) mass is 278 g/mol. The molecule has 2 heterocycles. The Bertz CT molecular complexity index is 518. The Balaban J connectivity index is 2.37. The minimum Gasteiger partial charge on any atom is -0.476 e. The standard InChI is InChI=1S/C8H10N2O5S2/c11-7(12)6-8(16-5-9-6)17(13,14)10-1-3-15-4-2-10/h5H,1-4H2,(H,11,12). The lowest BCUT2D eigenvalue weighted by Crippen LogP contribution is -2.40. The van der Waals surface area contributed by atoms with Gasteiger partial charge in [0.15, 0.2) is 9.90 Å². The number of hydrogen-bond donors (Lipinski definition) is 1. The Hall–Kier alpha value is -1.03. The fraction of sp³-hybridized carbons (Fsp3) is 0.500. The maximum absolute atomic E-state index is 12.2. The lowest BCUT2D eigenvalue weighted by atomic mass is 10.5. The number of nitrogens with zero attached hydrogens (tertiary/aromatic N) is 2. The van der Waals surface area contributed by atoms with E-state index in [2.05, 4.69) is 4.98 Å². The van der Waals surface area contributed by atoms with Crippen molar-refractivity contribution in [3.63, 3.8) is 0 Å². The maximum Gasteiger partial charge on any atom is 0.356 e. The summed E-state index contributed by atoms with van der Waals surface area (Å²) in [4.78, 5) is 14.4. The van der Waals surface area contributed by atoms with Crippen molar-refractivity contribution in [3.8, 4) is 0 Å². The number of hydrogen-bond acceptors (Lipinski definition) is 6. The average molecular weight is 278 g/mol. The Labute approximate surface area is 102 Å². The predicted molar refractivity (Wildman–Crippen MR) is 58.7 cm³/mol. The molecule has 1 aliphatic heterocycles. The summed E-state index contributed by atoms with van der Waals surface area (Å²) >= 11 is 0.816. The van der Waals surface area contributed by atoms with E-state index >= 15 is 0 Å². The van der Waals surface area contributed by atoms with Crippen molar-refractivity contribution in [1.29, 1.82) is 0 Å². The summed E-state index contributed by atoms with van der Waals surface area (Å²) in [5.74, 6) is -1.34. The molecule has 1 saturated heterocycles. The quantitative estimate of drug-likeness (QED) is 0.826. The highest BCUT2D eigenvalue weighted by Crippen LogP contribution is 2.24. The molecule has 17 heavy (non-hydrogen) atoms. The van der Waals surface area contributed by atoms with Crippen molar-refractivity contribution in [2.75, 3.05) is 26.3 Å². The van der Waals surface area contributed by atoms with Crippen LogP contribution in [0, 0.1) is 0 Å². The van der Waals surface area contributed by atoms with Crippen LogP contribution in [0.2, 0.25) is 0 Å². The van der Waals surface area contributed by atoms with E-state index in [0.29, 0.717) is 13.2 Å². The van der Waals surface area contributed by atoms with Crippen molar-refractivity contribution in [1.82, 2.24) is 9.29 Å². The highest BCUT2D eigenvalue weighted by Gasteiger charge is 2.32. The zero-order valence-corrected chi connectivity index (χ0v) is 10.3. The molecule has 0 radical (unpaired) electrons.